The van der Waals surface area contributed by atoms with E-state index >= 15 is 0 Å². The zero-order chi connectivity index (χ0) is 15.5. The molecule has 23 heavy (non-hydrogen) atoms. The molecule has 0 bridgehead atoms. The van der Waals surface area contributed by atoms with Crippen molar-refractivity contribution in [1.82, 2.24) is 4.98 Å². The quantitative estimate of drug-likeness (QED) is 0.727. The van der Waals surface area contributed by atoms with E-state index in [1.165, 1.54) is 11.1 Å². The molecule has 3 heteroatoms. The SMILES string of the molecule is c1ccc(-c2cncc(CN3CCOc4ccccc43)c2)cc1. The van der Waals surface area contributed by atoms with E-state index in [1.54, 1.807) is 0 Å². The van der Waals surface area contributed by atoms with Crippen LogP contribution in [0, 0.1) is 0 Å². The maximum absolute atomic E-state index is 5.73. The van der Waals surface area contributed by atoms with Crippen LogP contribution >= 0.6 is 0 Å². The average Bonchev–Trinajstić information content (AvgIpc) is 2.63. The molecule has 3 aromatic rings. The highest BCUT2D eigenvalue weighted by molar-refractivity contribution is 5.64. The van der Waals surface area contributed by atoms with Crippen LogP contribution in [0.2, 0.25) is 0 Å². The molecule has 0 saturated heterocycles. The van der Waals surface area contributed by atoms with Gasteiger partial charge >= 0.3 is 0 Å². The second kappa shape index (κ2) is 6.13. The summed E-state index contributed by atoms with van der Waals surface area (Å²) < 4.78 is 5.73. The smallest absolute Gasteiger partial charge is 0.142 e. The fourth-order valence-corrected chi connectivity index (χ4v) is 2.97. The Kier molecular flexibility index (Phi) is 3.68. The zero-order valence-electron chi connectivity index (χ0n) is 12.9. The first-order chi connectivity index (χ1) is 11.4. The first-order valence-corrected chi connectivity index (χ1v) is 7.86. The highest BCUT2D eigenvalue weighted by Gasteiger charge is 2.17. The first kappa shape index (κ1) is 13.8. The number of benzene rings is 2. The largest absolute Gasteiger partial charge is 0.490 e. The van der Waals surface area contributed by atoms with E-state index in [0.717, 1.165) is 36.7 Å². The third kappa shape index (κ3) is 2.90. The van der Waals surface area contributed by atoms with Gasteiger partial charge in [0.15, 0.2) is 0 Å². The second-order valence-corrected chi connectivity index (χ2v) is 5.69. The van der Waals surface area contributed by atoms with Crippen molar-refractivity contribution in [3.05, 3.63) is 78.6 Å². The molecule has 1 aromatic heterocycles. The molecule has 1 aliphatic heterocycles. The Morgan fingerprint density at radius 3 is 2.65 bits per heavy atom. The van der Waals surface area contributed by atoms with Crippen molar-refractivity contribution < 1.29 is 4.74 Å². The van der Waals surface area contributed by atoms with E-state index < -0.39 is 0 Å². The molecule has 0 amide bonds. The molecule has 0 atom stereocenters. The lowest BCUT2D eigenvalue weighted by Crippen LogP contribution is -2.32. The molecule has 0 aliphatic carbocycles. The molecule has 0 unspecified atom stereocenters. The van der Waals surface area contributed by atoms with E-state index in [-0.39, 0.29) is 0 Å². The summed E-state index contributed by atoms with van der Waals surface area (Å²) >= 11 is 0. The molecule has 0 saturated carbocycles. The molecule has 0 fully saturated rings. The van der Waals surface area contributed by atoms with E-state index in [9.17, 15) is 0 Å². The minimum atomic E-state index is 0.725. The number of para-hydroxylation sites is 2. The fraction of sp³-hybridized carbons (Fsp3) is 0.150. The van der Waals surface area contributed by atoms with Crippen molar-refractivity contribution in [1.29, 1.82) is 0 Å². The summed E-state index contributed by atoms with van der Waals surface area (Å²) in [6, 6.07) is 20.8. The van der Waals surface area contributed by atoms with E-state index in [0.29, 0.717) is 0 Å². The van der Waals surface area contributed by atoms with Gasteiger partial charge in [-0.1, -0.05) is 42.5 Å². The average molecular weight is 302 g/mol. The van der Waals surface area contributed by atoms with Crippen molar-refractivity contribution >= 4 is 5.69 Å². The van der Waals surface area contributed by atoms with Crippen LogP contribution < -0.4 is 9.64 Å². The van der Waals surface area contributed by atoms with Gasteiger partial charge in [0.25, 0.3) is 0 Å². The number of ether oxygens (including phenoxy) is 1. The minimum absolute atomic E-state index is 0.725. The predicted octanol–water partition coefficient (Wildman–Crippen LogP) is 4.15. The minimum Gasteiger partial charge on any atom is -0.490 e. The van der Waals surface area contributed by atoms with Gasteiger partial charge in [-0.05, 0) is 29.3 Å². The Morgan fingerprint density at radius 1 is 0.913 bits per heavy atom. The van der Waals surface area contributed by atoms with Crippen LogP contribution in [-0.2, 0) is 6.54 Å². The van der Waals surface area contributed by atoms with Crippen LogP contribution in [0.4, 0.5) is 5.69 Å². The summed E-state index contributed by atoms with van der Waals surface area (Å²) in [4.78, 5) is 6.78. The number of fused-ring (bicyclic) bond motifs is 1. The maximum Gasteiger partial charge on any atom is 0.142 e. The van der Waals surface area contributed by atoms with Crippen molar-refractivity contribution in [2.45, 2.75) is 6.54 Å². The van der Waals surface area contributed by atoms with Gasteiger partial charge in [0.05, 0.1) is 12.2 Å². The van der Waals surface area contributed by atoms with Gasteiger partial charge in [-0.3, -0.25) is 4.98 Å². The predicted molar refractivity (Wildman–Crippen MR) is 92.7 cm³/mol. The monoisotopic (exact) mass is 302 g/mol. The standard InChI is InChI=1S/C20H18N2O/c1-2-6-17(7-3-1)18-12-16(13-21-14-18)15-22-10-11-23-20-9-5-4-8-19(20)22/h1-9,12-14H,10-11,15H2. The summed E-state index contributed by atoms with van der Waals surface area (Å²) in [5.41, 5.74) is 4.72. The van der Waals surface area contributed by atoms with Gasteiger partial charge in [0.1, 0.15) is 12.4 Å². The number of hydrogen-bond acceptors (Lipinski definition) is 3. The zero-order valence-corrected chi connectivity index (χ0v) is 12.9. The number of aromatic nitrogens is 1. The van der Waals surface area contributed by atoms with Crippen molar-refractivity contribution in [2.75, 3.05) is 18.1 Å². The Labute approximate surface area is 136 Å². The van der Waals surface area contributed by atoms with E-state index in [2.05, 4.69) is 52.3 Å². The molecule has 2 aromatic carbocycles. The number of hydrogen-bond donors (Lipinski definition) is 0. The van der Waals surface area contributed by atoms with Crippen molar-refractivity contribution in [3.8, 4) is 16.9 Å². The molecule has 3 nitrogen and oxygen atoms in total. The van der Waals surface area contributed by atoms with Crippen molar-refractivity contribution in [3.63, 3.8) is 0 Å². The summed E-state index contributed by atoms with van der Waals surface area (Å²) in [5.74, 6) is 0.964. The Bertz CT molecular complexity index is 802. The lowest BCUT2D eigenvalue weighted by atomic mass is 10.1. The van der Waals surface area contributed by atoms with Crippen LogP contribution in [0.25, 0.3) is 11.1 Å². The normalized spacial score (nSPS) is 13.3. The molecule has 0 spiro atoms. The lowest BCUT2D eigenvalue weighted by molar-refractivity contribution is 0.307. The summed E-state index contributed by atoms with van der Waals surface area (Å²) in [7, 11) is 0. The Balaban J connectivity index is 1.61. The summed E-state index contributed by atoms with van der Waals surface area (Å²) in [6.07, 6.45) is 3.87. The number of anilines is 1. The van der Waals surface area contributed by atoms with Gasteiger partial charge in [-0.2, -0.15) is 0 Å². The van der Waals surface area contributed by atoms with Crippen LogP contribution in [0.1, 0.15) is 5.56 Å². The Hall–Kier alpha value is -2.81. The van der Waals surface area contributed by atoms with Gasteiger partial charge in [0, 0.05) is 24.5 Å². The van der Waals surface area contributed by atoms with Gasteiger partial charge in [-0.25, -0.2) is 0 Å². The second-order valence-electron chi connectivity index (χ2n) is 5.69. The van der Waals surface area contributed by atoms with Gasteiger partial charge in [-0.15, -0.1) is 0 Å². The van der Waals surface area contributed by atoms with E-state index in [1.807, 2.05) is 30.6 Å². The lowest BCUT2D eigenvalue weighted by Gasteiger charge is -2.31. The molecular formula is C20H18N2O. The molecular weight excluding hydrogens is 284 g/mol. The molecule has 0 N–H and O–H groups in total. The van der Waals surface area contributed by atoms with Crippen molar-refractivity contribution in [2.24, 2.45) is 0 Å². The summed E-state index contributed by atoms with van der Waals surface area (Å²) in [5, 5.41) is 0. The van der Waals surface area contributed by atoms with Gasteiger partial charge in [0.2, 0.25) is 0 Å². The van der Waals surface area contributed by atoms with Crippen LogP contribution in [0.3, 0.4) is 0 Å². The third-order valence-corrected chi connectivity index (χ3v) is 4.10. The van der Waals surface area contributed by atoms with Gasteiger partial charge < -0.3 is 9.64 Å². The van der Waals surface area contributed by atoms with Crippen LogP contribution in [0.5, 0.6) is 5.75 Å². The number of nitrogens with zero attached hydrogens (tertiary/aromatic N) is 2. The highest BCUT2D eigenvalue weighted by Crippen LogP contribution is 2.32. The maximum atomic E-state index is 5.73. The highest BCUT2D eigenvalue weighted by atomic mass is 16.5. The molecule has 0 radical (unpaired) electrons. The molecule has 2 heterocycles. The molecule has 1 aliphatic rings. The Morgan fingerprint density at radius 2 is 1.74 bits per heavy atom. The van der Waals surface area contributed by atoms with Crippen LogP contribution in [-0.4, -0.2) is 18.1 Å². The third-order valence-electron chi connectivity index (χ3n) is 4.10. The first-order valence-electron chi connectivity index (χ1n) is 7.86. The molecule has 114 valence electrons. The topological polar surface area (TPSA) is 25.4 Å². The number of rotatable bonds is 3. The van der Waals surface area contributed by atoms with Crippen LogP contribution in [0.15, 0.2) is 73.1 Å². The fourth-order valence-electron chi connectivity index (χ4n) is 2.97. The summed E-state index contributed by atoms with van der Waals surface area (Å²) in [6.45, 7) is 2.46. The number of pyridine rings is 1. The molecule has 4 rings (SSSR count). The van der Waals surface area contributed by atoms with E-state index in [4.69, 9.17) is 4.74 Å².